The molecule has 2 aliphatic rings. The zero-order chi connectivity index (χ0) is 34.5. The van der Waals surface area contributed by atoms with Gasteiger partial charge in [-0.05, 0) is 63.9 Å². The van der Waals surface area contributed by atoms with Crippen LogP contribution in [0.1, 0.15) is 45.6 Å². The van der Waals surface area contributed by atoms with E-state index in [0.717, 1.165) is 36.3 Å². The number of amides is 1. The van der Waals surface area contributed by atoms with Gasteiger partial charge in [0.2, 0.25) is 5.88 Å². The summed E-state index contributed by atoms with van der Waals surface area (Å²) < 4.78 is 63.9. The number of benzene rings is 3. The molecule has 2 atom stereocenters. The molecule has 2 saturated heterocycles. The van der Waals surface area contributed by atoms with Crippen LogP contribution in [0.15, 0.2) is 48.5 Å². The molecule has 0 aliphatic carbocycles. The summed E-state index contributed by atoms with van der Waals surface area (Å²) in [6.07, 6.45) is 0.308. The van der Waals surface area contributed by atoms with Crippen molar-refractivity contribution in [3.63, 3.8) is 0 Å². The smallest absolute Gasteiger partial charge is 0.414 e. The number of fused-ring (bicyclic) bond motifs is 3. The maximum absolute atomic E-state index is 16.8. The van der Waals surface area contributed by atoms with E-state index in [0.29, 0.717) is 13.0 Å². The van der Waals surface area contributed by atoms with Crippen molar-refractivity contribution in [2.75, 3.05) is 19.7 Å². The lowest BCUT2D eigenvalue weighted by atomic mass is 9.95. The monoisotopic (exact) mass is 711 g/mol. The van der Waals surface area contributed by atoms with Gasteiger partial charge in [0.05, 0.1) is 26.2 Å². The molecule has 5 aromatic rings. The summed E-state index contributed by atoms with van der Waals surface area (Å²) in [7, 11) is 0. The minimum absolute atomic E-state index is 0.0267. The summed E-state index contributed by atoms with van der Waals surface area (Å²) in [5, 5.41) is 2.70. The first kappa shape index (κ1) is 33.3. The zero-order valence-corrected chi connectivity index (χ0v) is 28.6. The molecule has 0 unspecified atom stereocenters. The second-order valence-electron chi connectivity index (χ2n) is 13.4. The summed E-state index contributed by atoms with van der Waals surface area (Å²) in [6.45, 7) is 6.72. The number of hydrogen-bond acceptors (Lipinski definition) is 9. The number of hydrogen-bond donors (Lipinski definition) is 1. The van der Waals surface area contributed by atoms with Gasteiger partial charge in [-0.3, -0.25) is 4.90 Å². The Hall–Kier alpha value is -4.20. The van der Waals surface area contributed by atoms with E-state index in [1.54, 1.807) is 20.8 Å². The molecule has 1 N–H and O–H groups in total. The summed E-state index contributed by atoms with van der Waals surface area (Å²) >= 11 is 7.57. The van der Waals surface area contributed by atoms with Crippen LogP contribution < -0.4 is 19.5 Å². The highest BCUT2D eigenvalue weighted by molar-refractivity contribution is 7.20. The summed E-state index contributed by atoms with van der Waals surface area (Å²) in [4.78, 5) is 27.8. The first-order chi connectivity index (χ1) is 23.4. The van der Waals surface area contributed by atoms with Gasteiger partial charge in [-0.2, -0.15) is 9.97 Å². The SMILES string of the molecule is CC(C)(C)NC(=O)Oc1nc2c(-c3c(Cl)cc4c(OCc5ccccc5)nc(OC[C@@]56CCCN5C[C@H](F)C6)nc4c3F)ccc(F)c2s1. The number of nitrogens with zero attached hydrogens (tertiary/aromatic N) is 4. The highest BCUT2D eigenvalue weighted by Crippen LogP contribution is 2.44. The largest absolute Gasteiger partial charge is 0.472 e. The van der Waals surface area contributed by atoms with Crippen molar-refractivity contribution in [1.29, 1.82) is 0 Å². The van der Waals surface area contributed by atoms with Crippen LogP contribution in [0.3, 0.4) is 0 Å². The third-order valence-corrected chi connectivity index (χ3v) is 9.92. The molecule has 3 aromatic carbocycles. The van der Waals surface area contributed by atoms with Gasteiger partial charge in [0.1, 0.15) is 30.7 Å². The molecule has 256 valence electrons. The molecule has 0 radical (unpaired) electrons. The number of ether oxygens (including phenoxy) is 3. The number of rotatable bonds is 8. The van der Waals surface area contributed by atoms with Gasteiger partial charge in [0.25, 0.3) is 5.19 Å². The van der Waals surface area contributed by atoms with Crippen molar-refractivity contribution >= 4 is 50.2 Å². The van der Waals surface area contributed by atoms with Gasteiger partial charge in [0.15, 0.2) is 5.82 Å². The van der Waals surface area contributed by atoms with Gasteiger partial charge < -0.3 is 19.5 Å². The minimum atomic E-state index is -0.953. The van der Waals surface area contributed by atoms with Gasteiger partial charge in [-0.25, -0.2) is 22.9 Å². The Bertz CT molecular complexity index is 2060. The Balaban J connectivity index is 1.30. The molecule has 2 aliphatic heterocycles. The average Bonchev–Trinajstić information content (AvgIpc) is 3.72. The van der Waals surface area contributed by atoms with E-state index in [1.807, 2.05) is 30.3 Å². The van der Waals surface area contributed by atoms with Gasteiger partial charge >= 0.3 is 12.1 Å². The Morgan fingerprint density at radius 2 is 1.90 bits per heavy atom. The van der Waals surface area contributed by atoms with Crippen LogP contribution in [-0.2, 0) is 6.61 Å². The summed E-state index contributed by atoms with van der Waals surface area (Å²) in [6, 6.07) is 13.3. The topological polar surface area (TPSA) is 98.7 Å². The highest BCUT2D eigenvalue weighted by Gasteiger charge is 2.49. The molecular weight excluding hydrogens is 679 g/mol. The summed E-state index contributed by atoms with van der Waals surface area (Å²) in [5.74, 6) is -1.42. The Kier molecular flexibility index (Phi) is 8.78. The predicted octanol–water partition coefficient (Wildman–Crippen LogP) is 8.26. The Labute approximate surface area is 289 Å². The van der Waals surface area contributed by atoms with Crippen molar-refractivity contribution in [2.24, 2.45) is 0 Å². The number of aromatic nitrogens is 3. The van der Waals surface area contributed by atoms with Crippen LogP contribution in [0.2, 0.25) is 5.02 Å². The second-order valence-corrected chi connectivity index (χ2v) is 14.8. The molecule has 14 heteroatoms. The lowest BCUT2D eigenvalue weighted by Gasteiger charge is -2.30. The number of alkyl halides is 1. The minimum Gasteiger partial charge on any atom is -0.472 e. The Morgan fingerprint density at radius 3 is 2.67 bits per heavy atom. The fourth-order valence-electron chi connectivity index (χ4n) is 6.56. The third-order valence-electron chi connectivity index (χ3n) is 8.68. The zero-order valence-electron chi connectivity index (χ0n) is 27.0. The van der Waals surface area contributed by atoms with E-state index in [9.17, 15) is 9.18 Å². The van der Waals surface area contributed by atoms with Crippen LogP contribution in [0.4, 0.5) is 18.0 Å². The van der Waals surface area contributed by atoms with Crippen molar-refractivity contribution < 1.29 is 32.2 Å². The lowest BCUT2D eigenvalue weighted by molar-refractivity contribution is 0.106. The van der Waals surface area contributed by atoms with Crippen molar-refractivity contribution in [1.82, 2.24) is 25.2 Å². The molecule has 49 heavy (non-hydrogen) atoms. The number of thiazole rings is 1. The fraction of sp³-hybridized carbons (Fsp3) is 0.371. The normalized spacial score (nSPS) is 19.4. The fourth-order valence-corrected chi connectivity index (χ4v) is 7.70. The molecule has 2 aromatic heterocycles. The van der Waals surface area contributed by atoms with E-state index in [2.05, 4.69) is 25.2 Å². The van der Waals surface area contributed by atoms with Crippen LogP contribution in [-0.4, -0.2) is 62.9 Å². The molecule has 0 bridgehead atoms. The molecule has 0 saturated carbocycles. The van der Waals surface area contributed by atoms with Crippen LogP contribution in [0.5, 0.6) is 17.1 Å². The van der Waals surface area contributed by atoms with E-state index in [1.165, 1.54) is 18.2 Å². The van der Waals surface area contributed by atoms with E-state index in [4.69, 9.17) is 25.8 Å². The molecule has 0 spiro atoms. The quantitative estimate of drug-likeness (QED) is 0.172. The number of nitrogens with one attached hydrogen (secondary N) is 1. The highest BCUT2D eigenvalue weighted by atomic mass is 35.5. The number of carbonyl (C=O) groups excluding carboxylic acids is 1. The molecule has 1 amide bonds. The van der Waals surface area contributed by atoms with E-state index in [-0.39, 0.29) is 67.6 Å². The first-order valence-corrected chi connectivity index (χ1v) is 17.1. The maximum Gasteiger partial charge on any atom is 0.414 e. The van der Waals surface area contributed by atoms with Crippen molar-refractivity contribution in [3.05, 3.63) is 70.8 Å². The Morgan fingerprint density at radius 1 is 1.10 bits per heavy atom. The number of halogens is 4. The predicted molar refractivity (Wildman–Crippen MR) is 181 cm³/mol. The molecule has 7 rings (SSSR count). The van der Waals surface area contributed by atoms with Crippen LogP contribution in [0.25, 0.3) is 32.2 Å². The first-order valence-electron chi connectivity index (χ1n) is 15.9. The van der Waals surface area contributed by atoms with Crippen LogP contribution in [0, 0.1) is 11.6 Å². The van der Waals surface area contributed by atoms with Crippen molar-refractivity contribution in [3.8, 4) is 28.2 Å². The molecule has 4 heterocycles. The van der Waals surface area contributed by atoms with E-state index < -0.39 is 35.0 Å². The third kappa shape index (κ3) is 6.71. The summed E-state index contributed by atoms with van der Waals surface area (Å²) in [5.41, 5.74) is -0.230. The van der Waals surface area contributed by atoms with Gasteiger partial charge in [-0.1, -0.05) is 53.3 Å². The van der Waals surface area contributed by atoms with Gasteiger partial charge in [0, 0.05) is 29.6 Å². The molecular formula is C35H33ClF3N5O4S. The molecule has 9 nitrogen and oxygen atoms in total. The lowest BCUT2D eigenvalue weighted by Crippen LogP contribution is -2.43. The number of carbonyl (C=O) groups is 1. The van der Waals surface area contributed by atoms with Gasteiger partial charge in [-0.15, -0.1) is 0 Å². The molecule has 2 fully saturated rings. The standard InChI is InChI=1S/C35H33ClF3N5O4S/c1-34(2,3)43-32(45)48-33-41-28-21(10-11-24(38)29(28)49-33)25-23(36)14-22-27(26(25)39)40-31(42-30(22)46-17-19-8-5-4-6-9-19)47-18-35-12-7-13-44(35)16-20(37)15-35/h4-6,8-11,14,20H,7,12-13,15-18H2,1-3H3,(H,43,45)/t20-,35+/m1/s1. The second kappa shape index (κ2) is 12.9. The van der Waals surface area contributed by atoms with E-state index >= 15 is 8.78 Å². The van der Waals surface area contributed by atoms with Crippen molar-refractivity contribution in [2.45, 2.75) is 63.9 Å². The maximum atomic E-state index is 16.8. The van der Waals surface area contributed by atoms with Crippen LogP contribution >= 0.6 is 22.9 Å². The average molecular weight is 712 g/mol.